The van der Waals surface area contributed by atoms with Crippen LogP contribution >= 0.6 is 27.3 Å². The molecule has 0 aliphatic heterocycles. The van der Waals surface area contributed by atoms with Crippen LogP contribution in [0.1, 0.15) is 16.5 Å². The van der Waals surface area contributed by atoms with E-state index in [9.17, 15) is 5.11 Å². The van der Waals surface area contributed by atoms with Crippen LogP contribution in [-0.2, 0) is 6.42 Å². The van der Waals surface area contributed by atoms with Crippen LogP contribution in [0.25, 0.3) is 5.69 Å². The number of para-hydroxylation sites is 1. The van der Waals surface area contributed by atoms with Crippen molar-refractivity contribution in [2.75, 3.05) is 0 Å². The van der Waals surface area contributed by atoms with E-state index >= 15 is 0 Å². The van der Waals surface area contributed by atoms with Crippen molar-refractivity contribution in [3.63, 3.8) is 0 Å². The Bertz CT molecular complexity index is 693. The Labute approximate surface area is 129 Å². The molecule has 0 aliphatic rings. The standard InChI is InChI=1S/C15H13BrN2OS/c16-15-7-6-13(20-15)8-14(19)11-9-17-18(10-11)12-4-2-1-3-5-12/h1-7,9-10,14,19H,8H2. The molecule has 1 N–H and O–H groups in total. The number of aliphatic hydroxyl groups excluding tert-OH is 1. The predicted octanol–water partition coefficient (Wildman–Crippen LogP) is 3.97. The lowest BCUT2D eigenvalue weighted by atomic mass is 10.1. The van der Waals surface area contributed by atoms with E-state index < -0.39 is 6.10 Å². The van der Waals surface area contributed by atoms with Gasteiger partial charge in [-0.2, -0.15) is 5.10 Å². The van der Waals surface area contributed by atoms with E-state index in [1.54, 1.807) is 22.2 Å². The van der Waals surface area contributed by atoms with Gasteiger partial charge in [-0.3, -0.25) is 0 Å². The second-order valence-corrected chi connectivity index (χ2v) is 7.03. The van der Waals surface area contributed by atoms with Gasteiger partial charge in [0.15, 0.2) is 0 Å². The quantitative estimate of drug-likeness (QED) is 0.774. The first-order chi connectivity index (χ1) is 9.72. The van der Waals surface area contributed by atoms with Crippen molar-refractivity contribution in [3.05, 3.63) is 69.1 Å². The lowest BCUT2D eigenvalue weighted by Gasteiger charge is -2.06. The van der Waals surface area contributed by atoms with E-state index in [-0.39, 0.29) is 0 Å². The van der Waals surface area contributed by atoms with Gasteiger partial charge in [-0.05, 0) is 40.2 Å². The molecule has 20 heavy (non-hydrogen) atoms. The van der Waals surface area contributed by atoms with Gasteiger partial charge in [0.05, 0.1) is 21.8 Å². The Morgan fingerprint density at radius 1 is 1.20 bits per heavy atom. The number of thiophene rings is 1. The van der Waals surface area contributed by atoms with Crippen molar-refractivity contribution in [1.82, 2.24) is 9.78 Å². The molecule has 0 aliphatic carbocycles. The smallest absolute Gasteiger partial charge is 0.0868 e. The van der Waals surface area contributed by atoms with E-state index in [4.69, 9.17) is 0 Å². The van der Waals surface area contributed by atoms with Crippen LogP contribution < -0.4 is 0 Å². The van der Waals surface area contributed by atoms with Gasteiger partial charge in [-0.15, -0.1) is 11.3 Å². The zero-order valence-corrected chi connectivity index (χ0v) is 13.0. The third-order valence-electron chi connectivity index (χ3n) is 3.03. The Kier molecular flexibility index (Phi) is 4.00. The molecule has 0 radical (unpaired) electrons. The molecule has 0 amide bonds. The lowest BCUT2D eigenvalue weighted by molar-refractivity contribution is 0.179. The maximum Gasteiger partial charge on any atom is 0.0868 e. The molecule has 1 unspecified atom stereocenters. The fourth-order valence-electron chi connectivity index (χ4n) is 2.00. The lowest BCUT2D eigenvalue weighted by Crippen LogP contribution is -1.99. The van der Waals surface area contributed by atoms with Gasteiger partial charge < -0.3 is 5.11 Å². The summed E-state index contributed by atoms with van der Waals surface area (Å²) < 4.78 is 2.86. The SMILES string of the molecule is OC(Cc1ccc(Br)s1)c1cnn(-c2ccccc2)c1. The van der Waals surface area contributed by atoms with E-state index in [0.717, 1.165) is 19.9 Å². The average Bonchev–Trinajstić information content (AvgIpc) is 3.09. The number of aliphatic hydroxyl groups is 1. The monoisotopic (exact) mass is 348 g/mol. The molecule has 0 saturated heterocycles. The van der Waals surface area contributed by atoms with Crippen LogP contribution in [0, 0.1) is 0 Å². The Hall–Kier alpha value is -1.43. The maximum absolute atomic E-state index is 10.3. The minimum absolute atomic E-state index is 0.530. The molecule has 1 aromatic carbocycles. The summed E-state index contributed by atoms with van der Waals surface area (Å²) in [6.45, 7) is 0. The topological polar surface area (TPSA) is 38.1 Å². The van der Waals surface area contributed by atoms with Crippen LogP contribution in [0.3, 0.4) is 0 Å². The fraction of sp³-hybridized carbons (Fsp3) is 0.133. The molecule has 5 heteroatoms. The molecule has 2 heterocycles. The second kappa shape index (κ2) is 5.91. The largest absolute Gasteiger partial charge is 0.388 e. The number of hydrogen-bond donors (Lipinski definition) is 1. The van der Waals surface area contributed by atoms with Crippen molar-refractivity contribution in [3.8, 4) is 5.69 Å². The highest BCUT2D eigenvalue weighted by atomic mass is 79.9. The van der Waals surface area contributed by atoms with Crippen LogP contribution in [-0.4, -0.2) is 14.9 Å². The number of rotatable bonds is 4. The molecule has 2 aromatic heterocycles. The number of benzene rings is 1. The summed E-state index contributed by atoms with van der Waals surface area (Å²) in [5.41, 5.74) is 1.82. The molecule has 0 spiro atoms. The number of nitrogens with zero attached hydrogens (tertiary/aromatic N) is 2. The molecule has 0 saturated carbocycles. The Morgan fingerprint density at radius 2 is 2.00 bits per heavy atom. The third-order valence-corrected chi connectivity index (χ3v) is 4.68. The molecule has 0 bridgehead atoms. The minimum atomic E-state index is -0.530. The van der Waals surface area contributed by atoms with Crippen molar-refractivity contribution >= 4 is 27.3 Å². The highest BCUT2D eigenvalue weighted by Gasteiger charge is 2.12. The first-order valence-corrected chi connectivity index (χ1v) is 7.85. The number of hydrogen-bond acceptors (Lipinski definition) is 3. The molecule has 102 valence electrons. The third kappa shape index (κ3) is 3.00. The Morgan fingerprint density at radius 3 is 2.70 bits per heavy atom. The summed E-state index contributed by atoms with van der Waals surface area (Å²) in [5.74, 6) is 0. The van der Waals surface area contributed by atoms with Gasteiger partial charge in [0.2, 0.25) is 0 Å². The van der Waals surface area contributed by atoms with Gasteiger partial charge in [0.1, 0.15) is 0 Å². The molecule has 3 aromatic rings. The molecule has 3 rings (SSSR count). The molecule has 1 atom stereocenters. The summed E-state index contributed by atoms with van der Waals surface area (Å²) in [5, 5.41) is 14.6. The van der Waals surface area contributed by atoms with Crippen molar-refractivity contribution in [1.29, 1.82) is 0 Å². The van der Waals surface area contributed by atoms with E-state index in [0.29, 0.717) is 6.42 Å². The van der Waals surface area contributed by atoms with Crippen LogP contribution in [0.15, 0.2) is 58.6 Å². The normalized spacial score (nSPS) is 12.5. The maximum atomic E-state index is 10.3. The Balaban J connectivity index is 1.76. The number of halogens is 1. The van der Waals surface area contributed by atoms with Gasteiger partial charge in [0.25, 0.3) is 0 Å². The zero-order chi connectivity index (χ0) is 13.9. The van der Waals surface area contributed by atoms with Gasteiger partial charge in [-0.1, -0.05) is 18.2 Å². The summed E-state index contributed by atoms with van der Waals surface area (Å²) in [4.78, 5) is 1.15. The molecule has 3 nitrogen and oxygen atoms in total. The fourth-order valence-corrected chi connectivity index (χ4v) is 3.52. The molecular formula is C15H13BrN2OS. The summed E-state index contributed by atoms with van der Waals surface area (Å²) in [6.07, 6.45) is 3.68. The highest BCUT2D eigenvalue weighted by molar-refractivity contribution is 9.11. The second-order valence-electron chi connectivity index (χ2n) is 4.48. The highest BCUT2D eigenvalue weighted by Crippen LogP contribution is 2.27. The zero-order valence-electron chi connectivity index (χ0n) is 10.6. The van der Waals surface area contributed by atoms with Gasteiger partial charge in [-0.25, -0.2) is 4.68 Å². The van der Waals surface area contributed by atoms with Gasteiger partial charge in [0, 0.05) is 23.1 Å². The van der Waals surface area contributed by atoms with E-state index in [2.05, 4.69) is 21.0 Å². The van der Waals surface area contributed by atoms with E-state index in [1.807, 2.05) is 48.7 Å². The van der Waals surface area contributed by atoms with Crippen LogP contribution in [0.2, 0.25) is 0 Å². The number of aromatic nitrogens is 2. The first-order valence-electron chi connectivity index (χ1n) is 6.24. The van der Waals surface area contributed by atoms with E-state index in [1.165, 1.54) is 0 Å². The van der Waals surface area contributed by atoms with Crippen molar-refractivity contribution < 1.29 is 5.11 Å². The van der Waals surface area contributed by atoms with Crippen LogP contribution in [0.5, 0.6) is 0 Å². The molecule has 0 fully saturated rings. The minimum Gasteiger partial charge on any atom is -0.388 e. The summed E-state index contributed by atoms with van der Waals surface area (Å²) in [6, 6.07) is 13.9. The van der Waals surface area contributed by atoms with Gasteiger partial charge >= 0.3 is 0 Å². The molecular weight excluding hydrogens is 336 g/mol. The predicted molar refractivity (Wildman–Crippen MR) is 84.2 cm³/mol. The van der Waals surface area contributed by atoms with Crippen LogP contribution in [0.4, 0.5) is 0 Å². The average molecular weight is 349 g/mol. The van der Waals surface area contributed by atoms with Crippen molar-refractivity contribution in [2.45, 2.75) is 12.5 Å². The summed E-state index contributed by atoms with van der Waals surface area (Å²) >= 11 is 5.08. The first kappa shape index (κ1) is 13.5. The summed E-state index contributed by atoms with van der Waals surface area (Å²) in [7, 11) is 0. The van der Waals surface area contributed by atoms with Crippen molar-refractivity contribution in [2.24, 2.45) is 0 Å².